The number of nitrogens with zero attached hydrogens (tertiary/aromatic N) is 8. The monoisotopic (exact) mass is 1460 g/mol. The van der Waals surface area contributed by atoms with Crippen LogP contribution in [-0.2, 0) is 45.7 Å². The van der Waals surface area contributed by atoms with E-state index in [0.29, 0.717) is 70.2 Å². The summed E-state index contributed by atoms with van der Waals surface area (Å²) in [7, 11) is 0. The van der Waals surface area contributed by atoms with Gasteiger partial charge in [-0.1, -0.05) is 168 Å². The number of rotatable bonds is 8. The van der Waals surface area contributed by atoms with E-state index in [4.69, 9.17) is 19.9 Å². The van der Waals surface area contributed by atoms with Crippen LogP contribution in [0.4, 0.5) is 0 Å². The summed E-state index contributed by atoms with van der Waals surface area (Å²) in [5.74, 6) is -4.12. The number of hydrogen-bond donors (Lipinski definition) is 0. The molecular formula is C92H56N8O8Zn. The first-order valence-electron chi connectivity index (χ1n) is 37.3. The Morgan fingerprint density at radius 2 is 0.440 bits per heavy atom. The van der Waals surface area contributed by atoms with Crippen LogP contribution in [0, 0.1) is 0 Å². The van der Waals surface area contributed by atoms with Crippen LogP contribution < -0.4 is 9.97 Å². The Morgan fingerprint density at radius 3 is 0.642 bits per heavy atom. The summed E-state index contributed by atoms with van der Waals surface area (Å²) in [5.41, 5.74) is 28.8. The summed E-state index contributed by atoms with van der Waals surface area (Å²) in [5, 5.41) is 0. The number of aromatic nitrogens is 4. The summed E-state index contributed by atoms with van der Waals surface area (Å²) in [6, 6.07) is 62.7. The predicted molar refractivity (Wildman–Crippen MR) is 398 cm³/mol. The summed E-state index contributed by atoms with van der Waals surface area (Å²) < 4.78 is 0. The number of fused-ring (bicyclic) bond motifs is 50. The van der Waals surface area contributed by atoms with Gasteiger partial charge >= 0.3 is 19.5 Å². The molecule has 14 aliphatic rings. The minimum Gasteiger partial charge on any atom is -0.657 e. The van der Waals surface area contributed by atoms with Crippen LogP contribution in [0.3, 0.4) is 0 Å². The summed E-state index contributed by atoms with van der Waals surface area (Å²) in [6.07, 6.45) is 2.80. The van der Waals surface area contributed by atoms with E-state index in [-0.39, 0.29) is 140 Å². The third-order valence-corrected chi connectivity index (χ3v) is 26.5. The Bertz CT molecular complexity index is 5900. The third-order valence-electron chi connectivity index (χ3n) is 26.5. The zero-order valence-electron chi connectivity index (χ0n) is 58.3. The van der Waals surface area contributed by atoms with E-state index in [9.17, 15) is 38.4 Å². The molecule has 8 atom stereocenters. The first kappa shape index (κ1) is 61.7. The number of hydrogen-bond acceptors (Lipinski definition) is 10. The van der Waals surface area contributed by atoms with Gasteiger partial charge in [-0.3, -0.25) is 58.0 Å². The number of benzene rings is 8. The van der Waals surface area contributed by atoms with Crippen molar-refractivity contribution in [2.24, 2.45) is 0 Å². The van der Waals surface area contributed by atoms with Crippen LogP contribution in [0.25, 0.3) is 44.4 Å². The molecule has 8 aliphatic carbocycles. The number of allylic oxidation sites excluding steroid dienone is 4. The fourth-order valence-electron chi connectivity index (χ4n) is 22.1. The molecule has 0 radical (unpaired) electrons. The molecule has 0 saturated carbocycles. The second kappa shape index (κ2) is 21.4. The Balaban J connectivity index is 0.00000697. The Labute approximate surface area is 634 Å². The standard InChI is InChI=1S/C92H56N8O8.Zn/c101-85-61-21-45-46(22-62(61)86(102)97(85)37-41-13-5-1-6-14-41)54-29-53(45)77-69-33-71-79-55-30-57(49-25-65-63(23-47(49)55)87(103)98(89(65)105)38-42-15-7-2-8-16-42)81(79)73(94-71)35-75-83-59-32-60(52-28-68-67(27-51(52)59)91(107)100(92(68)108)40-44-19-11-4-12-20-44)84(83)76(96-75)36-74-82-58-31-56(80(82)72(95-74)34-70(93-69)78(54)77)48-24-64-66(26-50(48)58)90(106)99(88(64)104)39-43-17-9-3-10-18-43;/h1-28,33-36,53-60H,29-32,37-40H2;/q-2;+2/t53-,54+,55+,56-,57-,58+,59+,60-;. The molecule has 11 aromatic rings. The van der Waals surface area contributed by atoms with Crippen molar-refractivity contribution >= 4 is 91.6 Å². The molecule has 16 nitrogen and oxygen atoms in total. The molecule has 17 heteroatoms. The van der Waals surface area contributed by atoms with Gasteiger partial charge in [-0.2, -0.15) is 0 Å². The second-order valence-corrected chi connectivity index (χ2v) is 31.6. The average Bonchev–Trinajstić information content (AvgIpc) is 1.53. The van der Waals surface area contributed by atoms with Crippen molar-refractivity contribution in [2.45, 2.75) is 99.2 Å². The van der Waals surface area contributed by atoms with Crippen molar-refractivity contribution in [1.29, 1.82) is 0 Å². The zero-order chi connectivity index (χ0) is 71.4. The molecule has 25 rings (SSSR count). The molecule has 109 heavy (non-hydrogen) atoms. The Morgan fingerprint density at radius 1 is 0.257 bits per heavy atom. The molecule has 0 saturated heterocycles. The number of carbonyl (C=O) groups is 8. The maximum absolute atomic E-state index is 14.6. The smallest absolute Gasteiger partial charge is 0.657 e. The van der Waals surface area contributed by atoms with Crippen LogP contribution in [0.15, 0.2) is 194 Å². The molecule has 6 aliphatic heterocycles. The minimum absolute atomic E-state index is 0. The fraction of sp³-hybridized carbons (Fsp3) is 0.174. The van der Waals surface area contributed by atoms with Crippen molar-refractivity contribution in [3.8, 4) is 0 Å². The van der Waals surface area contributed by atoms with E-state index in [2.05, 4.69) is 24.3 Å². The Kier molecular flexibility index (Phi) is 12.1. The fourth-order valence-corrected chi connectivity index (χ4v) is 22.1. The molecular weight excluding hydrogens is 1410 g/mol. The van der Waals surface area contributed by atoms with Crippen molar-refractivity contribution in [1.82, 2.24) is 39.5 Å². The first-order valence-corrected chi connectivity index (χ1v) is 37.3. The van der Waals surface area contributed by atoms with Gasteiger partial charge in [0.25, 0.3) is 47.3 Å². The normalized spacial score (nSPS) is 22.6. The van der Waals surface area contributed by atoms with E-state index in [1.165, 1.54) is 19.6 Å². The van der Waals surface area contributed by atoms with Crippen LogP contribution in [-0.4, -0.2) is 76.8 Å². The van der Waals surface area contributed by atoms with Gasteiger partial charge in [-0.15, -0.1) is 22.1 Å². The SMILES string of the molecule is O=C1c2cc3c(cc2C(=O)N1Cc1ccccc1)[C@@H]1C[C@H]3c2c1c1cc3nc(cc4[n-]c(cc5nc(cc2[n-]1)C1=C5[C@@H]2C[C@H]1c1cc5c(cc12)C(=O)N(Cc1ccccc1)C5=O)c1c4[C@@H]2C[C@H]1c1cc4c(cc12)C(=O)N(Cc1ccccc1)C4=O)C1=C3[C@@H]2C[C@H]1c1cc3c(cc12)C(=O)N(Cc1ccccc1)C3=O.[Zn+2]. The summed E-state index contributed by atoms with van der Waals surface area (Å²) >= 11 is 0. The maximum Gasteiger partial charge on any atom is 2.00 e. The zero-order valence-corrected chi connectivity index (χ0v) is 61.3. The number of imide groups is 4. The number of carbonyl (C=O) groups excluding carboxylic acids is 8. The van der Waals surface area contributed by atoms with Crippen molar-refractivity contribution in [3.63, 3.8) is 0 Å². The van der Waals surface area contributed by atoms with Gasteiger partial charge in [0.2, 0.25) is 0 Å². The van der Waals surface area contributed by atoms with Gasteiger partial charge in [0, 0.05) is 47.3 Å². The van der Waals surface area contributed by atoms with E-state index in [0.717, 1.165) is 156 Å². The van der Waals surface area contributed by atoms with Crippen LogP contribution in [0.5, 0.6) is 0 Å². The van der Waals surface area contributed by atoms with Gasteiger partial charge in [0.05, 0.1) is 93.5 Å². The first-order chi connectivity index (χ1) is 52.8. The number of amides is 8. The van der Waals surface area contributed by atoms with Crippen LogP contribution in [0.2, 0.25) is 0 Å². The topological polar surface area (TPSA) is 204 Å². The van der Waals surface area contributed by atoms with E-state index >= 15 is 0 Å². The average molecular weight is 1470 g/mol. The molecule has 0 fully saturated rings. The quantitative estimate of drug-likeness (QED) is 0.103. The van der Waals surface area contributed by atoms with E-state index < -0.39 is 0 Å². The molecule has 0 unspecified atom stereocenters. The van der Waals surface area contributed by atoms with Gasteiger partial charge in [-0.05, 0) is 163 Å². The molecule has 16 bridgehead atoms. The van der Waals surface area contributed by atoms with Crippen molar-refractivity contribution in [3.05, 3.63) is 350 Å². The predicted octanol–water partition coefficient (Wildman–Crippen LogP) is 15.1. The van der Waals surface area contributed by atoms with E-state index in [1.54, 1.807) is 0 Å². The third kappa shape index (κ3) is 7.99. The van der Waals surface area contributed by atoms with Crippen LogP contribution >= 0.6 is 0 Å². The molecule has 0 spiro atoms. The van der Waals surface area contributed by atoms with Crippen molar-refractivity contribution < 1.29 is 57.8 Å². The van der Waals surface area contributed by atoms with Gasteiger partial charge in [0.1, 0.15) is 0 Å². The minimum atomic E-state index is -0.320. The van der Waals surface area contributed by atoms with Crippen LogP contribution in [0.1, 0.15) is 268 Å². The second-order valence-electron chi connectivity index (χ2n) is 31.6. The van der Waals surface area contributed by atoms with Gasteiger partial charge < -0.3 is 9.97 Å². The molecule has 514 valence electrons. The molecule has 8 amide bonds. The van der Waals surface area contributed by atoms with Gasteiger partial charge in [-0.25, -0.2) is 9.97 Å². The van der Waals surface area contributed by atoms with E-state index in [1.807, 2.05) is 170 Å². The molecule has 3 aromatic heterocycles. The summed E-state index contributed by atoms with van der Waals surface area (Å²) in [4.78, 5) is 145. The molecule has 9 heterocycles. The van der Waals surface area contributed by atoms with Gasteiger partial charge in [0.15, 0.2) is 0 Å². The molecule has 0 N–H and O–H groups in total. The maximum atomic E-state index is 14.6. The Hall–Kier alpha value is -12.5. The molecule has 8 aromatic carbocycles. The summed E-state index contributed by atoms with van der Waals surface area (Å²) in [6.45, 7) is 0.602. The largest absolute Gasteiger partial charge is 2.00 e. The van der Waals surface area contributed by atoms with Crippen molar-refractivity contribution in [2.75, 3.05) is 0 Å².